The molecule has 3 rings (SSSR count). The van der Waals surface area contributed by atoms with Crippen molar-refractivity contribution in [1.82, 2.24) is 10.2 Å². The van der Waals surface area contributed by atoms with Gasteiger partial charge >= 0.3 is 0 Å². The van der Waals surface area contributed by atoms with E-state index in [2.05, 4.69) is 29.0 Å². The summed E-state index contributed by atoms with van der Waals surface area (Å²) in [6, 6.07) is 5.32. The van der Waals surface area contributed by atoms with Gasteiger partial charge in [-0.3, -0.25) is 14.9 Å². The summed E-state index contributed by atoms with van der Waals surface area (Å²) in [4.78, 5) is 15.7. The van der Waals surface area contributed by atoms with Crippen molar-refractivity contribution in [2.24, 2.45) is 10.7 Å². The summed E-state index contributed by atoms with van der Waals surface area (Å²) in [5.74, 6) is -0.432. The SMILES string of the molecule is CC1(C)CC(c2n[nH]c3ccc(C(N)=O)cc23)=CC=N1. The molecule has 0 saturated carbocycles. The molecule has 1 aliphatic rings. The molecule has 0 radical (unpaired) electrons. The number of H-pyrrole nitrogens is 1. The van der Waals surface area contributed by atoms with E-state index in [0.717, 1.165) is 28.6 Å². The molecule has 20 heavy (non-hydrogen) atoms. The fourth-order valence-electron chi connectivity index (χ4n) is 2.47. The molecule has 1 aromatic carbocycles. The highest BCUT2D eigenvalue weighted by Gasteiger charge is 2.23. The fraction of sp³-hybridized carbons (Fsp3) is 0.267. The van der Waals surface area contributed by atoms with Crippen LogP contribution in [0.1, 0.15) is 36.3 Å². The van der Waals surface area contributed by atoms with Crippen LogP contribution in [0.25, 0.3) is 16.5 Å². The largest absolute Gasteiger partial charge is 0.366 e. The highest BCUT2D eigenvalue weighted by molar-refractivity contribution is 6.01. The number of carbonyl (C=O) groups excluding carboxylic acids is 1. The van der Waals surface area contributed by atoms with Crippen molar-refractivity contribution in [1.29, 1.82) is 0 Å². The molecule has 1 amide bonds. The summed E-state index contributed by atoms with van der Waals surface area (Å²) in [7, 11) is 0. The summed E-state index contributed by atoms with van der Waals surface area (Å²) >= 11 is 0. The van der Waals surface area contributed by atoms with Crippen LogP contribution in [0, 0.1) is 0 Å². The van der Waals surface area contributed by atoms with Gasteiger partial charge in [-0.25, -0.2) is 0 Å². The minimum Gasteiger partial charge on any atom is -0.366 e. The number of aromatic amines is 1. The second kappa shape index (κ2) is 4.30. The number of nitrogens with zero attached hydrogens (tertiary/aromatic N) is 2. The summed E-state index contributed by atoms with van der Waals surface area (Å²) in [6.07, 6.45) is 4.60. The van der Waals surface area contributed by atoms with Crippen molar-refractivity contribution in [2.45, 2.75) is 25.8 Å². The van der Waals surface area contributed by atoms with Crippen LogP contribution >= 0.6 is 0 Å². The number of nitrogens with two attached hydrogens (primary N) is 1. The summed E-state index contributed by atoms with van der Waals surface area (Å²) in [6.45, 7) is 4.17. The minimum atomic E-state index is -0.432. The standard InChI is InChI=1S/C15H16N4O/c1-15(2)8-10(5-6-17-15)13-11-7-9(14(16)20)3-4-12(11)18-19-13/h3-7H,8H2,1-2H3,(H2,16,20)(H,18,19). The molecular weight excluding hydrogens is 252 g/mol. The molecule has 0 bridgehead atoms. The number of hydrogen-bond donors (Lipinski definition) is 2. The Morgan fingerprint density at radius 2 is 2.20 bits per heavy atom. The number of benzene rings is 1. The Morgan fingerprint density at radius 1 is 1.40 bits per heavy atom. The Hall–Kier alpha value is -2.43. The van der Waals surface area contributed by atoms with Gasteiger partial charge < -0.3 is 5.73 Å². The average Bonchev–Trinajstić information content (AvgIpc) is 2.80. The molecule has 0 atom stereocenters. The molecule has 1 aromatic heterocycles. The first-order chi connectivity index (χ1) is 9.46. The number of fused-ring (bicyclic) bond motifs is 1. The topological polar surface area (TPSA) is 84.1 Å². The first-order valence-electron chi connectivity index (χ1n) is 6.49. The molecule has 102 valence electrons. The van der Waals surface area contributed by atoms with Crippen LogP contribution in [0.15, 0.2) is 29.3 Å². The van der Waals surface area contributed by atoms with Crippen molar-refractivity contribution in [3.8, 4) is 0 Å². The molecule has 3 N–H and O–H groups in total. The van der Waals surface area contributed by atoms with Crippen LogP contribution in [-0.4, -0.2) is 27.9 Å². The fourth-order valence-corrected chi connectivity index (χ4v) is 2.47. The summed E-state index contributed by atoms with van der Waals surface area (Å²) in [5, 5.41) is 8.28. The zero-order chi connectivity index (χ0) is 14.3. The van der Waals surface area contributed by atoms with E-state index in [1.807, 2.05) is 18.4 Å². The Balaban J connectivity index is 2.13. The lowest BCUT2D eigenvalue weighted by atomic mass is 9.90. The molecule has 2 heterocycles. The van der Waals surface area contributed by atoms with E-state index in [-0.39, 0.29) is 5.54 Å². The zero-order valence-corrected chi connectivity index (χ0v) is 11.5. The van der Waals surface area contributed by atoms with Gasteiger partial charge in [0.2, 0.25) is 5.91 Å². The van der Waals surface area contributed by atoms with Gasteiger partial charge in [0.25, 0.3) is 0 Å². The number of amides is 1. The third kappa shape index (κ3) is 2.11. The predicted octanol–water partition coefficient (Wildman–Crippen LogP) is 2.30. The Bertz CT molecular complexity index is 752. The van der Waals surface area contributed by atoms with Crippen molar-refractivity contribution in [3.63, 3.8) is 0 Å². The molecule has 5 heteroatoms. The van der Waals surface area contributed by atoms with E-state index in [4.69, 9.17) is 5.73 Å². The number of nitrogens with one attached hydrogen (secondary N) is 1. The van der Waals surface area contributed by atoms with Crippen LogP contribution in [-0.2, 0) is 0 Å². The lowest BCUT2D eigenvalue weighted by molar-refractivity contribution is 0.100. The summed E-state index contributed by atoms with van der Waals surface area (Å²) in [5.41, 5.74) is 8.57. The van der Waals surface area contributed by atoms with E-state index >= 15 is 0 Å². The van der Waals surface area contributed by atoms with Gasteiger partial charge in [0.15, 0.2) is 0 Å². The number of primary amides is 1. The highest BCUT2D eigenvalue weighted by Crippen LogP contribution is 2.32. The number of rotatable bonds is 2. The van der Waals surface area contributed by atoms with Crippen LogP contribution in [0.4, 0.5) is 0 Å². The quantitative estimate of drug-likeness (QED) is 0.875. The van der Waals surface area contributed by atoms with Crippen LogP contribution in [0.5, 0.6) is 0 Å². The van der Waals surface area contributed by atoms with Gasteiger partial charge in [-0.05, 0) is 50.1 Å². The van der Waals surface area contributed by atoms with Crippen molar-refractivity contribution < 1.29 is 4.79 Å². The van der Waals surface area contributed by atoms with E-state index in [1.54, 1.807) is 12.1 Å². The minimum absolute atomic E-state index is 0.128. The molecule has 0 fully saturated rings. The monoisotopic (exact) mass is 268 g/mol. The maximum absolute atomic E-state index is 11.3. The zero-order valence-electron chi connectivity index (χ0n) is 11.5. The Morgan fingerprint density at radius 3 is 2.90 bits per heavy atom. The van der Waals surface area contributed by atoms with E-state index in [0.29, 0.717) is 5.56 Å². The molecule has 0 aliphatic carbocycles. The molecule has 2 aromatic rings. The average molecular weight is 268 g/mol. The Labute approximate surface area is 116 Å². The lowest BCUT2D eigenvalue weighted by Crippen LogP contribution is -2.20. The van der Waals surface area contributed by atoms with Crippen LogP contribution in [0.3, 0.4) is 0 Å². The van der Waals surface area contributed by atoms with Gasteiger partial charge in [-0.1, -0.05) is 0 Å². The van der Waals surface area contributed by atoms with Crippen LogP contribution < -0.4 is 5.73 Å². The smallest absolute Gasteiger partial charge is 0.248 e. The molecule has 1 aliphatic heterocycles. The molecule has 5 nitrogen and oxygen atoms in total. The maximum atomic E-state index is 11.3. The first kappa shape index (κ1) is 12.6. The maximum Gasteiger partial charge on any atom is 0.248 e. The number of aliphatic imine (C=N–C) groups is 1. The van der Waals surface area contributed by atoms with E-state index < -0.39 is 5.91 Å². The van der Waals surface area contributed by atoms with Gasteiger partial charge in [-0.2, -0.15) is 5.10 Å². The third-order valence-electron chi connectivity index (χ3n) is 3.47. The third-order valence-corrected chi connectivity index (χ3v) is 3.47. The molecule has 0 spiro atoms. The second-order valence-electron chi connectivity index (χ2n) is 5.66. The van der Waals surface area contributed by atoms with Gasteiger partial charge in [-0.15, -0.1) is 0 Å². The van der Waals surface area contributed by atoms with Gasteiger partial charge in [0.1, 0.15) is 0 Å². The number of hydrogen-bond acceptors (Lipinski definition) is 3. The van der Waals surface area contributed by atoms with Gasteiger partial charge in [0, 0.05) is 17.2 Å². The second-order valence-corrected chi connectivity index (χ2v) is 5.66. The van der Waals surface area contributed by atoms with Crippen molar-refractivity contribution in [3.05, 3.63) is 35.5 Å². The van der Waals surface area contributed by atoms with E-state index in [1.165, 1.54) is 0 Å². The number of carbonyl (C=O) groups is 1. The summed E-state index contributed by atoms with van der Waals surface area (Å²) < 4.78 is 0. The lowest BCUT2D eigenvalue weighted by Gasteiger charge is -2.23. The van der Waals surface area contributed by atoms with Crippen molar-refractivity contribution in [2.75, 3.05) is 0 Å². The van der Waals surface area contributed by atoms with Gasteiger partial charge in [0.05, 0.1) is 16.7 Å². The predicted molar refractivity (Wildman–Crippen MR) is 79.8 cm³/mol. The number of allylic oxidation sites excluding steroid dienone is 1. The first-order valence-corrected chi connectivity index (χ1v) is 6.49. The highest BCUT2D eigenvalue weighted by atomic mass is 16.1. The number of dihydropyridines is 1. The molecule has 0 saturated heterocycles. The molecular formula is C15H16N4O. The number of aromatic nitrogens is 2. The Kier molecular flexibility index (Phi) is 2.71. The van der Waals surface area contributed by atoms with Crippen molar-refractivity contribution >= 4 is 28.6 Å². The van der Waals surface area contributed by atoms with E-state index in [9.17, 15) is 4.79 Å². The molecule has 0 unspecified atom stereocenters. The normalized spacial score (nSPS) is 17.2. The van der Waals surface area contributed by atoms with Crippen LogP contribution in [0.2, 0.25) is 0 Å².